The van der Waals surface area contributed by atoms with E-state index in [2.05, 4.69) is 39.7 Å². The summed E-state index contributed by atoms with van der Waals surface area (Å²) >= 11 is 4.75. The Morgan fingerprint density at radius 3 is 2.52 bits per heavy atom. The van der Waals surface area contributed by atoms with E-state index in [1.54, 1.807) is 4.68 Å². The summed E-state index contributed by atoms with van der Waals surface area (Å²) in [5, 5.41) is 2.15. The molecule has 29 heavy (non-hydrogen) atoms. The number of rotatable bonds is 9. The van der Waals surface area contributed by atoms with Crippen molar-refractivity contribution in [2.45, 2.75) is 46.0 Å². The van der Waals surface area contributed by atoms with E-state index in [4.69, 9.17) is 0 Å². The summed E-state index contributed by atoms with van der Waals surface area (Å²) in [5.74, 6) is 2.58. The van der Waals surface area contributed by atoms with E-state index in [1.807, 2.05) is 18.1 Å². The summed E-state index contributed by atoms with van der Waals surface area (Å²) in [6, 6.07) is 3.82. The molecule has 0 bridgehead atoms. The van der Waals surface area contributed by atoms with Crippen molar-refractivity contribution in [3.63, 3.8) is 0 Å². The Hall–Kier alpha value is -1.40. The summed E-state index contributed by atoms with van der Waals surface area (Å²) in [4.78, 5) is 26.4. The first-order valence-corrected chi connectivity index (χ1v) is 12.2. The molecule has 2 aromatic rings. The topological polar surface area (TPSA) is 45.5 Å². The molecular formula is C22H30BrN3O2S. The van der Waals surface area contributed by atoms with E-state index in [9.17, 15) is 9.59 Å². The lowest BCUT2D eigenvalue weighted by atomic mass is 9.94. The van der Waals surface area contributed by atoms with Crippen molar-refractivity contribution in [3.05, 3.63) is 31.8 Å². The standard InChI is InChI=1S/C22H30BrN3O2S/c1-3-11-24(12-4-2)13-7-17-8-14-25(15-9-17)26-21-18(10-16-27)19(23)5-6-20(21)29-22(26)28/h5-6,10,17H,3-4,7-9,11-15H2,1-2H3. The number of halogens is 1. The maximum absolute atomic E-state index is 12.8. The summed E-state index contributed by atoms with van der Waals surface area (Å²) in [7, 11) is 0. The average Bonchev–Trinajstić information content (AvgIpc) is 3.05. The van der Waals surface area contributed by atoms with Crippen LogP contribution in [-0.4, -0.2) is 48.2 Å². The highest BCUT2D eigenvalue weighted by Crippen LogP contribution is 2.30. The van der Waals surface area contributed by atoms with Crippen LogP contribution >= 0.6 is 27.3 Å². The quantitative estimate of drug-likeness (QED) is 0.495. The number of carbonyl (C=O) groups excluding carboxylic acids is 1. The molecule has 158 valence electrons. The van der Waals surface area contributed by atoms with Crippen LogP contribution in [0.1, 0.15) is 51.5 Å². The fraction of sp³-hybridized carbons (Fsp3) is 0.591. The molecule has 2 heterocycles. The molecule has 3 rings (SSSR count). The van der Waals surface area contributed by atoms with Crippen LogP contribution in [-0.2, 0) is 4.79 Å². The van der Waals surface area contributed by atoms with Crippen molar-refractivity contribution in [2.75, 3.05) is 37.7 Å². The largest absolute Gasteiger partial charge is 0.326 e. The molecule has 1 aliphatic heterocycles. The van der Waals surface area contributed by atoms with Crippen molar-refractivity contribution >= 4 is 49.5 Å². The Bertz CT molecular complexity index is 918. The van der Waals surface area contributed by atoms with Crippen molar-refractivity contribution in [3.8, 4) is 0 Å². The zero-order chi connectivity index (χ0) is 20.8. The minimum Gasteiger partial charge on any atom is -0.309 e. The molecule has 5 nitrogen and oxygen atoms in total. The summed E-state index contributed by atoms with van der Waals surface area (Å²) in [6.45, 7) is 9.78. The molecule has 0 saturated carbocycles. The zero-order valence-corrected chi connectivity index (χ0v) is 19.7. The number of hydrogen-bond donors (Lipinski definition) is 0. The van der Waals surface area contributed by atoms with Gasteiger partial charge in [-0.05, 0) is 69.8 Å². The van der Waals surface area contributed by atoms with Crippen LogP contribution < -0.4 is 9.88 Å². The predicted octanol–water partition coefficient (Wildman–Crippen LogP) is 4.53. The number of benzene rings is 1. The highest BCUT2D eigenvalue weighted by molar-refractivity contribution is 9.10. The van der Waals surface area contributed by atoms with Crippen LogP contribution in [0.4, 0.5) is 0 Å². The lowest BCUT2D eigenvalue weighted by Gasteiger charge is -2.35. The second kappa shape index (κ2) is 10.6. The first-order valence-electron chi connectivity index (χ1n) is 10.6. The predicted molar refractivity (Wildman–Crippen MR) is 126 cm³/mol. The summed E-state index contributed by atoms with van der Waals surface area (Å²) in [6.07, 6.45) is 7.26. The third kappa shape index (κ3) is 5.21. The number of piperidine rings is 1. The SMILES string of the molecule is CCCN(CCC)CCC1CCN(n2c(=O)sc3ccc(Br)c(C=C=O)c32)CC1. The van der Waals surface area contributed by atoms with Gasteiger partial charge in [0.1, 0.15) is 5.94 Å². The smallest absolute Gasteiger partial charge is 0.309 e. The van der Waals surface area contributed by atoms with Gasteiger partial charge >= 0.3 is 4.87 Å². The highest BCUT2D eigenvalue weighted by Gasteiger charge is 2.24. The van der Waals surface area contributed by atoms with E-state index in [0.717, 1.165) is 46.2 Å². The van der Waals surface area contributed by atoms with E-state index >= 15 is 0 Å². The number of thiazole rings is 1. The maximum atomic E-state index is 12.8. The number of nitrogens with zero attached hydrogens (tertiary/aromatic N) is 3. The van der Waals surface area contributed by atoms with Crippen LogP contribution in [0.3, 0.4) is 0 Å². The fourth-order valence-corrected chi connectivity index (χ4v) is 5.63. The Balaban J connectivity index is 1.72. The molecule has 0 atom stereocenters. The van der Waals surface area contributed by atoms with Gasteiger partial charge in [-0.15, -0.1) is 0 Å². The second-order valence-electron chi connectivity index (χ2n) is 7.78. The third-order valence-electron chi connectivity index (χ3n) is 5.72. The Kier molecular flexibility index (Phi) is 8.13. The van der Waals surface area contributed by atoms with Gasteiger partial charge in [-0.3, -0.25) is 4.79 Å². The number of hydrogen-bond acceptors (Lipinski definition) is 5. The Morgan fingerprint density at radius 1 is 1.21 bits per heavy atom. The molecular weight excluding hydrogens is 450 g/mol. The Labute approximate surface area is 185 Å². The Morgan fingerprint density at radius 2 is 1.90 bits per heavy atom. The molecule has 1 aromatic heterocycles. The minimum atomic E-state index is 0.00849. The monoisotopic (exact) mass is 479 g/mol. The molecule has 0 unspecified atom stereocenters. The van der Waals surface area contributed by atoms with E-state index in [-0.39, 0.29) is 4.87 Å². The van der Waals surface area contributed by atoms with Gasteiger partial charge in [0.2, 0.25) is 0 Å². The maximum Gasteiger partial charge on any atom is 0.326 e. The zero-order valence-electron chi connectivity index (χ0n) is 17.3. The summed E-state index contributed by atoms with van der Waals surface area (Å²) < 4.78 is 3.49. The summed E-state index contributed by atoms with van der Waals surface area (Å²) in [5.41, 5.74) is 1.54. The normalized spacial score (nSPS) is 15.2. The van der Waals surface area contributed by atoms with Crippen LogP contribution in [0.15, 0.2) is 21.4 Å². The van der Waals surface area contributed by atoms with Crippen LogP contribution in [0, 0.1) is 5.92 Å². The molecule has 0 radical (unpaired) electrons. The van der Waals surface area contributed by atoms with E-state index in [1.165, 1.54) is 56.3 Å². The first kappa shape index (κ1) is 22.3. The van der Waals surface area contributed by atoms with Gasteiger partial charge in [0.15, 0.2) is 0 Å². The van der Waals surface area contributed by atoms with Crippen LogP contribution in [0.5, 0.6) is 0 Å². The van der Waals surface area contributed by atoms with Gasteiger partial charge in [0.05, 0.1) is 10.2 Å². The third-order valence-corrected chi connectivity index (χ3v) is 7.31. The molecule has 1 saturated heterocycles. The van der Waals surface area contributed by atoms with Crippen LogP contribution in [0.25, 0.3) is 16.3 Å². The van der Waals surface area contributed by atoms with Crippen molar-refractivity contribution in [1.82, 2.24) is 9.58 Å². The fourth-order valence-electron chi connectivity index (χ4n) is 4.29. The lowest BCUT2D eigenvalue weighted by Crippen LogP contribution is -2.46. The van der Waals surface area contributed by atoms with Gasteiger partial charge in [-0.2, -0.15) is 0 Å². The van der Waals surface area contributed by atoms with Gasteiger partial charge in [-0.1, -0.05) is 41.1 Å². The van der Waals surface area contributed by atoms with Gasteiger partial charge in [0, 0.05) is 29.2 Å². The lowest BCUT2D eigenvalue weighted by molar-refractivity contribution is 0.235. The first-order chi connectivity index (χ1) is 14.1. The molecule has 0 N–H and O–H groups in total. The molecule has 0 spiro atoms. The van der Waals surface area contributed by atoms with Crippen molar-refractivity contribution in [1.29, 1.82) is 0 Å². The minimum absolute atomic E-state index is 0.00849. The second-order valence-corrected chi connectivity index (χ2v) is 9.62. The van der Waals surface area contributed by atoms with Crippen molar-refractivity contribution < 1.29 is 4.79 Å². The average molecular weight is 480 g/mol. The van der Waals surface area contributed by atoms with Crippen LogP contribution in [0.2, 0.25) is 0 Å². The molecule has 7 heteroatoms. The molecule has 1 aromatic carbocycles. The van der Waals surface area contributed by atoms with Gasteiger partial charge in [-0.25, -0.2) is 9.47 Å². The van der Waals surface area contributed by atoms with Gasteiger partial charge in [0.25, 0.3) is 0 Å². The van der Waals surface area contributed by atoms with Gasteiger partial charge < -0.3 is 9.91 Å². The molecule has 0 aliphatic carbocycles. The highest BCUT2D eigenvalue weighted by atomic mass is 79.9. The van der Waals surface area contributed by atoms with Crippen molar-refractivity contribution in [2.24, 2.45) is 5.92 Å². The number of aromatic nitrogens is 1. The number of fused-ring (bicyclic) bond motifs is 1. The molecule has 0 amide bonds. The van der Waals surface area contributed by atoms with E-state index in [0.29, 0.717) is 5.92 Å². The molecule has 1 fully saturated rings. The molecule has 1 aliphatic rings. The van der Waals surface area contributed by atoms with E-state index < -0.39 is 0 Å².